The van der Waals surface area contributed by atoms with Gasteiger partial charge in [-0.2, -0.15) is 0 Å². The molecule has 0 atom stereocenters. The predicted molar refractivity (Wildman–Crippen MR) is 70.2 cm³/mol. The molecule has 0 N–H and O–H groups in total. The Labute approximate surface area is 106 Å². The van der Waals surface area contributed by atoms with Crippen LogP contribution < -0.4 is 0 Å². The van der Waals surface area contributed by atoms with Gasteiger partial charge in [-0.3, -0.25) is 8.80 Å². The Morgan fingerprint density at radius 3 is 2.42 bits per heavy atom. The van der Waals surface area contributed by atoms with Crippen LogP contribution >= 0.6 is 0 Å². The van der Waals surface area contributed by atoms with E-state index < -0.39 is 0 Å². The maximum Gasteiger partial charge on any atom is 0.224 e. The third-order valence-electron chi connectivity index (χ3n) is 3.42. The molecule has 0 radical (unpaired) electrons. The number of nitrogens with zero attached hydrogens (tertiary/aromatic N) is 6. The average molecular weight is 248 g/mol. The van der Waals surface area contributed by atoms with Gasteiger partial charge in [-0.05, 0) is 12.1 Å². The van der Waals surface area contributed by atoms with Crippen LogP contribution in [0.2, 0.25) is 0 Å². The van der Waals surface area contributed by atoms with Crippen LogP contribution in [0.1, 0.15) is 0 Å². The molecule has 5 rings (SSSR count). The third-order valence-corrected chi connectivity index (χ3v) is 3.42. The Morgan fingerprint density at radius 1 is 0.789 bits per heavy atom. The molecule has 0 spiro atoms. The van der Waals surface area contributed by atoms with Gasteiger partial charge in [-0.25, -0.2) is 19.4 Å². The topological polar surface area (TPSA) is 51.9 Å². The second kappa shape index (κ2) is 2.92. The molecule has 0 aliphatic rings. The van der Waals surface area contributed by atoms with Gasteiger partial charge < -0.3 is 0 Å². The quantitative estimate of drug-likeness (QED) is 0.420. The second-order valence-electron chi connectivity index (χ2n) is 4.43. The molecule has 0 unspecified atom stereocenters. The normalized spacial score (nSPS) is 12.2. The first-order valence-corrected chi connectivity index (χ1v) is 5.99. The lowest BCUT2D eigenvalue weighted by Crippen LogP contribution is -2.02. The SMILES string of the molecule is c1ccc2c(c1)nc1n3ccnc3n3ccnc3n21. The zero-order valence-electron chi connectivity index (χ0n) is 9.80. The maximum absolute atomic E-state index is 4.68. The lowest BCUT2D eigenvalue weighted by Gasteiger charge is -2.02. The van der Waals surface area contributed by atoms with Crippen molar-refractivity contribution in [2.75, 3.05) is 0 Å². The highest BCUT2D eigenvalue weighted by atomic mass is 15.3. The first-order valence-electron chi connectivity index (χ1n) is 5.99. The highest BCUT2D eigenvalue weighted by Crippen LogP contribution is 2.20. The molecule has 0 amide bonds. The van der Waals surface area contributed by atoms with Gasteiger partial charge in [-0.1, -0.05) is 12.1 Å². The van der Waals surface area contributed by atoms with Crippen LogP contribution in [-0.4, -0.2) is 28.2 Å². The summed E-state index contributed by atoms with van der Waals surface area (Å²) in [4.78, 5) is 13.5. The monoisotopic (exact) mass is 248 g/mol. The van der Waals surface area contributed by atoms with E-state index in [0.29, 0.717) is 0 Å². The van der Waals surface area contributed by atoms with Gasteiger partial charge in [0.05, 0.1) is 11.0 Å². The van der Waals surface area contributed by atoms with Gasteiger partial charge in [0.15, 0.2) is 0 Å². The number of benzene rings is 1. The van der Waals surface area contributed by atoms with Crippen molar-refractivity contribution < 1.29 is 0 Å². The summed E-state index contributed by atoms with van der Waals surface area (Å²) in [6, 6.07) is 8.05. The summed E-state index contributed by atoms with van der Waals surface area (Å²) in [5.74, 6) is 2.46. The van der Waals surface area contributed by atoms with Crippen molar-refractivity contribution in [1.29, 1.82) is 0 Å². The lowest BCUT2D eigenvalue weighted by atomic mass is 10.3. The lowest BCUT2D eigenvalue weighted by molar-refractivity contribution is 0.990. The van der Waals surface area contributed by atoms with Gasteiger partial charge >= 0.3 is 0 Å². The standard InChI is InChI=1S/C13H8N6/c1-2-4-10-9(3-1)16-13-18-8-5-14-11(18)17-7-6-15-12(17)19(10)13/h1-8H. The number of fused-ring (bicyclic) bond motifs is 8. The summed E-state index contributed by atoms with van der Waals surface area (Å²) in [6.45, 7) is 0. The smallest absolute Gasteiger partial charge is 0.224 e. The van der Waals surface area contributed by atoms with E-state index in [2.05, 4.69) is 15.0 Å². The number of imidazole rings is 3. The summed E-state index contributed by atoms with van der Waals surface area (Å²) < 4.78 is 5.97. The number of para-hydroxylation sites is 2. The fraction of sp³-hybridized carbons (Fsp3) is 0. The molecule has 4 heterocycles. The molecule has 6 heteroatoms. The van der Waals surface area contributed by atoms with Crippen LogP contribution in [0, 0.1) is 0 Å². The average Bonchev–Trinajstić information content (AvgIpc) is 3.14. The number of hydrogen-bond acceptors (Lipinski definition) is 3. The highest BCUT2D eigenvalue weighted by molar-refractivity contribution is 5.82. The van der Waals surface area contributed by atoms with E-state index in [4.69, 9.17) is 0 Å². The first kappa shape index (κ1) is 9.09. The molecular formula is C13H8N6. The van der Waals surface area contributed by atoms with Gasteiger partial charge in [0.25, 0.3) is 0 Å². The number of aromatic nitrogens is 6. The highest BCUT2D eigenvalue weighted by Gasteiger charge is 2.13. The van der Waals surface area contributed by atoms with Crippen molar-refractivity contribution in [1.82, 2.24) is 28.2 Å². The van der Waals surface area contributed by atoms with E-state index >= 15 is 0 Å². The largest absolute Gasteiger partial charge is 0.254 e. The summed E-state index contributed by atoms with van der Waals surface area (Å²) in [5, 5.41) is 0. The number of hydrogen-bond donors (Lipinski definition) is 0. The van der Waals surface area contributed by atoms with Crippen molar-refractivity contribution in [3.63, 3.8) is 0 Å². The van der Waals surface area contributed by atoms with Gasteiger partial charge in [-0.15, -0.1) is 0 Å². The zero-order chi connectivity index (χ0) is 12.4. The third kappa shape index (κ3) is 0.956. The predicted octanol–water partition coefficient (Wildman–Crippen LogP) is 1.78. The van der Waals surface area contributed by atoms with Crippen LogP contribution in [0.3, 0.4) is 0 Å². The van der Waals surface area contributed by atoms with Crippen LogP contribution in [0.4, 0.5) is 0 Å². The number of rotatable bonds is 0. The summed E-state index contributed by atoms with van der Waals surface area (Å²) in [6.07, 6.45) is 7.37. The molecule has 4 aromatic heterocycles. The maximum atomic E-state index is 4.68. The van der Waals surface area contributed by atoms with Crippen LogP contribution in [0.5, 0.6) is 0 Å². The van der Waals surface area contributed by atoms with E-state index in [1.54, 1.807) is 12.4 Å². The van der Waals surface area contributed by atoms with Gasteiger partial charge in [0.2, 0.25) is 17.3 Å². The Bertz CT molecular complexity index is 1060. The molecule has 0 fully saturated rings. The van der Waals surface area contributed by atoms with Gasteiger partial charge in [0, 0.05) is 24.8 Å². The van der Waals surface area contributed by atoms with Crippen molar-refractivity contribution in [3.8, 4) is 0 Å². The zero-order valence-corrected chi connectivity index (χ0v) is 9.80. The van der Waals surface area contributed by atoms with Gasteiger partial charge in [0.1, 0.15) is 0 Å². The van der Waals surface area contributed by atoms with E-state index in [0.717, 1.165) is 28.4 Å². The molecule has 0 aliphatic carbocycles. The minimum absolute atomic E-state index is 0.815. The van der Waals surface area contributed by atoms with Crippen molar-refractivity contribution in [2.45, 2.75) is 0 Å². The summed E-state index contributed by atoms with van der Waals surface area (Å²) >= 11 is 0. The molecule has 0 aliphatic heterocycles. The molecule has 1 aromatic carbocycles. The summed E-state index contributed by atoms with van der Waals surface area (Å²) in [5.41, 5.74) is 2.00. The molecule has 6 nitrogen and oxygen atoms in total. The van der Waals surface area contributed by atoms with Crippen molar-refractivity contribution in [2.24, 2.45) is 0 Å². The fourth-order valence-corrected chi connectivity index (χ4v) is 2.62. The second-order valence-corrected chi connectivity index (χ2v) is 4.43. The molecule has 0 bridgehead atoms. The van der Waals surface area contributed by atoms with Crippen LogP contribution in [0.15, 0.2) is 49.1 Å². The molecule has 5 aromatic rings. The minimum atomic E-state index is 0.815. The van der Waals surface area contributed by atoms with Crippen LogP contribution in [0.25, 0.3) is 28.4 Å². The summed E-state index contributed by atoms with van der Waals surface area (Å²) in [7, 11) is 0. The van der Waals surface area contributed by atoms with E-state index in [-0.39, 0.29) is 0 Å². The van der Waals surface area contributed by atoms with Crippen molar-refractivity contribution >= 4 is 28.4 Å². The molecule has 0 saturated carbocycles. The van der Waals surface area contributed by atoms with E-state index in [1.807, 2.05) is 49.9 Å². The minimum Gasteiger partial charge on any atom is -0.254 e. The molecule has 19 heavy (non-hydrogen) atoms. The van der Waals surface area contributed by atoms with Crippen LogP contribution in [-0.2, 0) is 0 Å². The Balaban J connectivity index is 2.29. The Kier molecular flexibility index (Phi) is 1.40. The first-order chi connectivity index (χ1) is 9.43. The van der Waals surface area contributed by atoms with Crippen molar-refractivity contribution in [3.05, 3.63) is 49.1 Å². The Hall–Kier alpha value is -2.89. The van der Waals surface area contributed by atoms with E-state index in [1.165, 1.54) is 0 Å². The molecular weight excluding hydrogens is 240 g/mol. The fourth-order valence-electron chi connectivity index (χ4n) is 2.62. The molecule has 0 saturated heterocycles. The van der Waals surface area contributed by atoms with E-state index in [9.17, 15) is 0 Å². The Morgan fingerprint density at radius 2 is 1.53 bits per heavy atom. The molecule has 90 valence electrons.